The summed E-state index contributed by atoms with van der Waals surface area (Å²) in [5, 5.41) is 9.90. The third-order valence-corrected chi connectivity index (χ3v) is 4.77. The Kier molecular flexibility index (Phi) is 5.52. The average Bonchev–Trinajstić information content (AvgIpc) is 2.52. The van der Waals surface area contributed by atoms with E-state index in [0.717, 1.165) is 11.8 Å². The molecule has 2 rings (SSSR count). The predicted octanol–water partition coefficient (Wildman–Crippen LogP) is 2.54. The van der Waals surface area contributed by atoms with Crippen LogP contribution in [0.3, 0.4) is 0 Å². The SMILES string of the molecule is CC(=O)C1C(C)=NC(SCC(N)=O)=C(C#N)[C@H]1c1ccccc1F. The number of ketones is 1. The van der Waals surface area contributed by atoms with Crippen LogP contribution in [0.1, 0.15) is 25.3 Å². The summed E-state index contributed by atoms with van der Waals surface area (Å²) in [4.78, 5) is 27.5. The lowest BCUT2D eigenvalue weighted by Crippen LogP contribution is -2.32. The van der Waals surface area contributed by atoms with Gasteiger partial charge in [0.2, 0.25) is 5.91 Å². The summed E-state index contributed by atoms with van der Waals surface area (Å²) in [6, 6.07) is 8.09. The standard InChI is InChI=1S/C17H16FN3O2S/c1-9-15(10(2)22)16(11-5-3-4-6-13(11)18)12(7-19)17(21-9)24-8-14(20)23/h3-6,15-16H,8H2,1-2H3,(H2,20,23)/t15?,16-/m1/s1. The van der Waals surface area contributed by atoms with Crippen LogP contribution in [0.5, 0.6) is 0 Å². The molecule has 1 aromatic carbocycles. The maximum Gasteiger partial charge on any atom is 0.227 e. The molecule has 124 valence electrons. The van der Waals surface area contributed by atoms with Gasteiger partial charge in [-0.05, 0) is 25.5 Å². The largest absolute Gasteiger partial charge is 0.369 e. The molecule has 2 N–H and O–H groups in total. The fourth-order valence-corrected chi connectivity index (χ4v) is 3.60. The van der Waals surface area contributed by atoms with E-state index in [1.807, 2.05) is 6.07 Å². The Hall–Kier alpha value is -2.46. The third kappa shape index (κ3) is 3.54. The molecule has 1 unspecified atom stereocenters. The molecule has 1 aliphatic rings. The number of hydrogen-bond donors (Lipinski definition) is 1. The number of rotatable bonds is 5. The maximum atomic E-state index is 14.3. The van der Waals surface area contributed by atoms with Gasteiger partial charge in [-0.1, -0.05) is 30.0 Å². The van der Waals surface area contributed by atoms with Crippen LogP contribution in [0.2, 0.25) is 0 Å². The molecular formula is C17H16FN3O2S. The normalized spacial score (nSPS) is 20.3. The van der Waals surface area contributed by atoms with Crippen molar-refractivity contribution in [2.75, 3.05) is 5.75 Å². The van der Waals surface area contributed by atoms with Crippen LogP contribution in [-0.2, 0) is 9.59 Å². The number of carbonyl (C=O) groups is 2. The maximum absolute atomic E-state index is 14.3. The molecule has 0 aromatic heterocycles. The molecule has 0 aliphatic carbocycles. The number of thioether (sulfide) groups is 1. The van der Waals surface area contributed by atoms with Crippen LogP contribution in [0.25, 0.3) is 0 Å². The Labute approximate surface area is 143 Å². The van der Waals surface area contributed by atoms with E-state index in [1.165, 1.54) is 13.0 Å². The molecule has 1 amide bonds. The van der Waals surface area contributed by atoms with Crippen LogP contribution >= 0.6 is 11.8 Å². The van der Waals surface area contributed by atoms with E-state index in [1.54, 1.807) is 25.1 Å². The van der Waals surface area contributed by atoms with Crippen molar-refractivity contribution in [2.24, 2.45) is 16.6 Å². The molecule has 0 bridgehead atoms. The van der Waals surface area contributed by atoms with E-state index < -0.39 is 23.6 Å². The highest BCUT2D eigenvalue weighted by molar-refractivity contribution is 8.03. The van der Waals surface area contributed by atoms with E-state index in [2.05, 4.69) is 4.99 Å². The molecule has 0 radical (unpaired) electrons. The molecule has 1 aliphatic heterocycles. The zero-order chi connectivity index (χ0) is 17.9. The van der Waals surface area contributed by atoms with Gasteiger partial charge in [-0.3, -0.25) is 9.59 Å². The number of allylic oxidation sites excluding steroid dienone is 1. The number of aliphatic imine (C=N–C) groups is 1. The first-order valence-electron chi connectivity index (χ1n) is 7.22. The summed E-state index contributed by atoms with van der Waals surface area (Å²) < 4.78 is 14.3. The fraction of sp³-hybridized carbons (Fsp3) is 0.294. The minimum Gasteiger partial charge on any atom is -0.369 e. The van der Waals surface area contributed by atoms with Gasteiger partial charge in [0, 0.05) is 11.6 Å². The number of amides is 1. The van der Waals surface area contributed by atoms with Crippen molar-refractivity contribution in [1.82, 2.24) is 0 Å². The Morgan fingerprint density at radius 3 is 2.62 bits per heavy atom. The van der Waals surface area contributed by atoms with Gasteiger partial charge in [0.25, 0.3) is 0 Å². The first kappa shape index (κ1) is 17.9. The molecule has 5 nitrogen and oxygen atoms in total. The lowest BCUT2D eigenvalue weighted by molar-refractivity contribution is -0.119. The number of halogens is 1. The molecule has 1 aromatic rings. The topological polar surface area (TPSA) is 96.3 Å². The number of nitriles is 1. The van der Waals surface area contributed by atoms with Crippen molar-refractivity contribution in [3.8, 4) is 6.07 Å². The van der Waals surface area contributed by atoms with Gasteiger partial charge in [0.15, 0.2) is 0 Å². The summed E-state index contributed by atoms with van der Waals surface area (Å²) in [5.41, 5.74) is 6.08. The third-order valence-electron chi connectivity index (χ3n) is 3.75. The van der Waals surface area contributed by atoms with Crippen LogP contribution < -0.4 is 5.73 Å². The molecule has 0 spiro atoms. The van der Waals surface area contributed by atoms with Gasteiger partial charge >= 0.3 is 0 Å². The Morgan fingerprint density at radius 1 is 1.42 bits per heavy atom. The number of nitrogens with zero attached hydrogens (tertiary/aromatic N) is 2. The number of Topliss-reactive ketones (excluding diaryl/α,β-unsaturated/α-hetero) is 1. The fourth-order valence-electron chi connectivity index (χ4n) is 2.79. The van der Waals surface area contributed by atoms with Gasteiger partial charge in [0.1, 0.15) is 16.6 Å². The summed E-state index contributed by atoms with van der Waals surface area (Å²) >= 11 is 1.02. The van der Waals surface area contributed by atoms with E-state index >= 15 is 0 Å². The van der Waals surface area contributed by atoms with Crippen LogP contribution in [-0.4, -0.2) is 23.2 Å². The monoisotopic (exact) mass is 345 g/mol. The molecule has 24 heavy (non-hydrogen) atoms. The lowest BCUT2D eigenvalue weighted by Gasteiger charge is -2.30. The molecule has 1 heterocycles. The van der Waals surface area contributed by atoms with Crippen LogP contribution in [0.15, 0.2) is 39.9 Å². The number of carbonyl (C=O) groups excluding carboxylic acids is 2. The molecule has 2 atom stereocenters. The number of hydrogen-bond acceptors (Lipinski definition) is 5. The first-order valence-corrected chi connectivity index (χ1v) is 8.20. The highest BCUT2D eigenvalue weighted by atomic mass is 32.2. The summed E-state index contributed by atoms with van der Waals surface area (Å²) in [5.74, 6) is -2.76. The van der Waals surface area contributed by atoms with Crippen molar-refractivity contribution in [1.29, 1.82) is 5.26 Å². The van der Waals surface area contributed by atoms with Gasteiger partial charge in [-0.15, -0.1) is 0 Å². The minimum absolute atomic E-state index is 0.0496. The zero-order valence-electron chi connectivity index (χ0n) is 13.2. The van der Waals surface area contributed by atoms with Gasteiger partial charge < -0.3 is 5.73 Å². The molecular weight excluding hydrogens is 329 g/mol. The highest BCUT2D eigenvalue weighted by Gasteiger charge is 2.38. The Morgan fingerprint density at radius 2 is 2.08 bits per heavy atom. The molecule has 0 fully saturated rings. The summed E-state index contributed by atoms with van der Waals surface area (Å²) in [6.45, 7) is 3.06. The van der Waals surface area contributed by atoms with Crippen molar-refractivity contribution in [3.05, 3.63) is 46.2 Å². The second kappa shape index (κ2) is 7.41. The highest BCUT2D eigenvalue weighted by Crippen LogP contribution is 2.42. The predicted molar refractivity (Wildman–Crippen MR) is 90.7 cm³/mol. The zero-order valence-corrected chi connectivity index (χ0v) is 14.1. The summed E-state index contributed by atoms with van der Waals surface area (Å²) in [7, 11) is 0. The lowest BCUT2D eigenvalue weighted by atomic mass is 9.75. The average molecular weight is 345 g/mol. The van der Waals surface area contributed by atoms with Crippen LogP contribution in [0, 0.1) is 23.1 Å². The molecule has 0 saturated heterocycles. The van der Waals surface area contributed by atoms with Crippen molar-refractivity contribution >= 4 is 29.2 Å². The van der Waals surface area contributed by atoms with E-state index in [4.69, 9.17) is 5.73 Å². The quantitative estimate of drug-likeness (QED) is 0.887. The smallest absolute Gasteiger partial charge is 0.227 e. The Bertz CT molecular complexity index is 795. The van der Waals surface area contributed by atoms with E-state index in [-0.39, 0.29) is 22.7 Å². The number of primary amides is 1. The molecule has 0 saturated carbocycles. The van der Waals surface area contributed by atoms with Gasteiger partial charge in [-0.2, -0.15) is 5.26 Å². The number of benzene rings is 1. The first-order chi connectivity index (χ1) is 11.4. The summed E-state index contributed by atoms with van der Waals surface area (Å²) in [6.07, 6.45) is 0. The number of nitrogens with two attached hydrogens (primary N) is 1. The van der Waals surface area contributed by atoms with Crippen molar-refractivity contribution in [2.45, 2.75) is 19.8 Å². The Balaban J connectivity index is 2.62. The second-order valence-corrected chi connectivity index (χ2v) is 6.39. The molecule has 7 heteroatoms. The van der Waals surface area contributed by atoms with Gasteiger partial charge in [-0.25, -0.2) is 9.38 Å². The van der Waals surface area contributed by atoms with Crippen LogP contribution in [0.4, 0.5) is 4.39 Å². The second-order valence-electron chi connectivity index (χ2n) is 5.43. The van der Waals surface area contributed by atoms with Gasteiger partial charge in [0.05, 0.1) is 23.3 Å². The minimum atomic E-state index is -0.762. The van der Waals surface area contributed by atoms with E-state index in [0.29, 0.717) is 10.7 Å². The van der Waals surface area contributed by atoms with Crippen molar-refractivity contribution in [3.63, 3.8) is 0 Å². The van der Waals surface area contributed by atoms with E-state index in [9.17, 15) is 19.2 Å². The van der Waals surface area contributed by atoms with Crippen molar-refractivity contribution < 1.29 is 14.0 Å².